The summed E-state index contributed by atoms with van der Waals surface area (Å²) in [6.07, 6.45) is 0.930. The lowest BCUT2D eigenvalue weighted by Gasteiger charge is -2.36. The molecule has 1 amide bonds. The van der Waals surface area contributed by atoms with Crippen molar-refractivity contribution in [2.24, 2.45) is 0 Å². The number of piperazine rings is 1. The molecule has 2 N–H and O–H groups in total. The first-order chi connectivity index (χ1) is 26.9. The molecule has 0 bridgehead atoms. The first-order valence-electron chi connectivity index (χ1n) is 19.2. The number of nitrogens with zero attached hydrogens (tertiary/aromatic N) is 3. The fourth-order valence-electron chi connectivity index (χ4n) is 6.75. The highest BCUT2D eigenvalue weighted by atomic mass is 35.5. The average Bonchev–Trinajstić information content (AvgIpc) is 3.20. The molecule has 56 heavy (non-hydrogen) atoms. The van der Waals surface area contributed by atoms with Gasteiger partial charge in [0.25, 0.3) is 15.9 Å². The minimum atomic E-state index is -4.10. The van der Waals surface area contributed by atoms with Crippen molar-refractivity contribution < 1.29 is 13.2 Å². The normalized spacial score (nSPS) is 14.2. The second-order valence-electron chi connectivity index (χ2n) is 14.7. The number of halogens is 1. The van der Waals surface area contributed by atoms with Crippen molar-refractivity contribution >= 4 is 50.7 Å². The van der Waals surface area contributed by atoms with Gasteiger partial charge in [-0.15, -0.1) is 11.8 Å². The number of thioether (sulfide) groups is 1. The number of amides is 1. The van der Waals surface area contributed by atoms with E-state index in [1.807, 2.05) is 49.4 Å². The Morgan fingerprint density at radius 3 is 2.21 bits per heavy atom. The van der Waals surface area contributed by atoms with Crippen molar-refractivity contribution in [2.75, 3.05) is 55.7 Å². The first kappa shape index (κ1) is 41.3. The molecule has 294 valence electrons. The summed E-state index contributed by atoms with van der Waals surface area (Å²) in [5.74, 6) is 0.203. The number of aryl methyl sites for hydroxylation is 1. The fraction of sp³-hybridized carbons (Fsp3) is 0.311. The molecule has 0 spiro atoms. The average molecular weight is 811 g/mol. The van der Waals surface area contributed by atoms with Gasteiger partial charge in [-0.05, 0) is 123 Å². The van der Waals surface area contributed by atoms with Crippen LogP contribution in [0.25, 0.3) is 11.1 Å². The molecule has 1 atom stereocenters. The zero-order valence-corrected chi connectivity index (χ0v) is 35.0. The summed E-state index contributed by atoms with van der Waals surface area (Å²) in [6.45, 7) is 11.5. The van der Waals surface area contributed by atoms with E-state index in [1.165, 1.54) is 16.0 Å². The quantitative estimate of drug-likeness (QED) is 0.0957. The van der Waals surface area contributed by atoms with Crippen LogP contribution in [0.2, 0.25) is 5.02 Å². The van der Waals surface area contributed by atoms with Crippen LogP contribution in [0, 0.1) is 6.92 Å². The molecular formula is C45H52ClN5O3S2. The molecule has 5 aromatic rings. The number of sulfonamides is 1. The lowest BCUT2D eigenvalue weighted by Crippen LogP contribution is -2.46. The van der Waals surface area contributed by atoms with E-state index in [2.05, 4.69) is 94.2 Å². The van der Waals surface area contributed by atoms with E-state index in [0.29, 0.717) is 6.04 Å². The summed E-state index contributed by atoms with van der Waals surface area (Å²) in [4.78, 5) is 21.6. The Morgan fingerprint density at radius 1 is 0.857 bits per heavy atom. The van der Waals surface area contributed by atoms with Crippen LogP contribution in [0.5, 0.6) is 0 Å². The van der Waals surface area contributed by atoms with Crippen LogP contribution in [0.4, 0.5) is 11.4 Å². The molecule has 0 aromatic heterocycles. The number of hydrogen-bond donors (Lipinski definition) is 2. The number of carbonyl (C=O) groups is 1. The van der Waals surface area contributed by atoms with Crippen molar-refractivity contribution in [3.63, 3.8) is 0 Å². The molecule has 0 saturated carbocycles. The molecule has 1 aliphatic rings. The van der Waals surface area contributed by atoms with Crippen LogP contribution in [0.3, 0.4) is 0 Å². The SMILES string of the molecule is Cc1cc(S(=O)(=O)NC(=O)c2ccc(N3CCN(Cc4ccccc4-c4ccc(Cl)cc4)CC3)cc2)ccc1N[C@H](CCN(C)C(C)C)CSc1ccccc1. The number of carbonyl (C=O) groups excluding carboxylic acids is 1. The maximum absolute atomic E-state index is 13.4. The van der Waals surface area contributed by atoms with E-state index in [-0.39, 0.29) is 16.5 Å². The second-order valence-corrected chi connectivity index (χ2v) is 17.9. The Bertz CT molecular complexity index is 2160. The Labute approximate surface area is 342 Å². The van der Waals surface area contributed by atoms with Gasteiger partial charge in [-0.2, -0.15) is 0 Å². The molecule has 0 aliphatic carbocycles. The van der Waals surface area contributed by atoms with E-state index < -0.39 is 15.9 Å². The summed E-state index contributed by atoms with van der Waals surface area (Å²) >= 11 is 7.93. The smallest absolute Gasteiger partial charge is 0.264 e. The highest BCUT2D eigenvalue weighted by Crippen LogP contribution is 2.28. The molecule has 11 heteroatoms. The zero-order chi connectivity index (χ0) is 39.7. The van der Waals surface area contributed by atoms with Crippen LogP contribution in [0.1, 0.15) is 41.8 Å². The van der Waals surface area contributed by atoms with E-state index in [0.717, 1.165) is 79.0 Å². The predicted octanol–water partition coefficient (Wildman–Crippen LogP) is 9.06. The van der Waals surface area contributed by atoms with Crippen LogP contribution in [-0.2, 0) is 16.6 Å². The van der Waals surface area contributed by atoms with E-state index in [1.54, 1.807) is 42.1 Å². The minimum Gasteiger partial charge on any atom is -0.381 e. The molecule has 5 aromatic carbocycles. The molecular weight excluding hydrogens is 758 g/mol. The number of benzene rings is 5. The number of hydrogen-bond acceptors (Lipinski definition) is 8. The van der Waals surface area contributed by atoms with Gasteiger partial charge in [0.15, 0.2) is 0 Å². The van der Waals surface area contributed by atoms with Crippen molar-refractivity contribution in [2.45, 2.75) is 55.6 Å². The summed E-state index contributed by atoms with van der Waals surface area (Å²) in [7, 11) is -1.97. The number of anilines is 2. The van der Waals surface area contributed by atoms with Gasteiger partial charge in [0.05, 0.1) is 4.90 Å². The lowest BCUT2D eigenvalue weighted by molar-refractivity contribution is 0.0981. The third-order valence-corrected chi connectivity index (χ3v) is 13.2. The van der Waals surface area contributed by atoms with Gasteiger partial charge >= 0.3 is 0 Å². The largest absolute Gasteiger partial charge is 0.381 e. The standard InChI is InChI=1S/C45H52ClN5O3S2/c1-33(2)49(4)25-24-39(32-55-41-11-6-5-7-12-41)47-44-23-22-42(30-34(44)3)56(53,54)48-45(52)36-16-20-40(21-17-36)51-28-26-50(27-29-51)31-37-10-8-9-13-43(37)35-14-18-38(46)19-15-35/h5-23,30,33,39,47H,24-29,31-32H2,1-4H3,(H,48,52)/t39-/m1/s1. The first-order valence-corrected chi connectivity index (χ1v) is 22.0. The van der Waals surface area contributed by atoms with Gasteiger partial charge in [0.2, 0.25) is 0 Å². The molecule has 6 rings (SSSR count). The molecule has 0 radical (unpaired) electrons. The Kier molecular flexibility index (Phi) is 14.2. The maximum Gasteiger partial charge on any atom is 0.264 e. The lowest BCUT2D eigenvalue weighted by atomic mass is 9.99. The minimum absolute atomic E-state index is 0.0499. The summed E-state index contributed by atoms with van der Waals surface area (Å²) in [6, 6.07) is 39.6. The maximum atomic E-state index is 13.4. The van der Waals surface area contributed by atoms with Crippen LogP contribution < -0.4 is 14.9 Å². The van der Waals surface area contributed by atoms with E-state index >= 15 is 0 Å². The third-order valence-electron chi connectivity index (χ3n) is 10.4. The van der Waals surface area contributed by atoms with Gasteiger partial charge in [0.1, 0.15) is 0 Å². The fourth-order valence-corrected chi connectivity index (χ4v) is 8.93. The molecule has 1 aliphatic heterocycles. The van der Waals surface area contributed by atoms with Crippen LogP contribution in [-0.4, -0.2) is 81.7 Å². The summed E-state index contributed by atoms with van der Waals surface area (Å²) < 4.78 is 29.1. The Morgan fingerprint density at radius 2 is 1.54 bits per heavy atom. The van der Waals surface area contributed by atoms with Gasteiger partial charge < -0.3 is 15.1 Å². The van der Waals surface area contributed by atoms with E-state index in [9.17, 15) is 13.2 Å². The number of rotatable bonds is 16. The van der Waals surface area contributed by atoms with Crippen LogP contribution in [0.15, 0.2) is 131 Å². The van der Waals surface area contributed by atoms with Crippen molar-refractivity contribution in [1.82, 2.24) is 14.5 Å². The van der Waals surface area contributed by atoms with Gasteiger partial charge in [-0.25, -0.2) is 13.1 Å². The van der Waals surface area contributed by atoms with E-state index in [4.69, 9.17) is 11.6 Å². The topological polar surface area (TPSA) is 85.0 Å². The highest BCUT2D eigenvalue weighted by Gasteiger charge is 2.22. The van der Waals surface area contributed by atoms with Crippen molar-refractivity contribution in [1.29, 1.82) is 0 Å². The molecule has 0 unspecified atom stereocenters. The molecule has 1 fully saturated rings. The molecule has 8 nitrogen and oxygen atoms in total. The zero-order valence-electron chi connectivity index (χ0n) is 32.6. The molecule has 1 saturated heterocycles. The van der Waals surface area contributed by atoms with Crippen molar-refractivity contribution in [3.8, 4) is 11.1 Å². The van der Waals surface area contributed by atoms with Gasteiger partial charge in [-0.3, -0.25) is 9.69 Å². The van der Waals surface area contributed by atoms with Gasteiger partial charge in [-0.1, -0.05) is 66.2 Å². The number of nitrogens with one attached hydrogen (secondary N) is 2. The third kappa shape index (κ3) is 11.2. The summed E-state index contributed by atoms with van der Waals surface area (Å²) in [5, 5.41) is 4.40. The van der Waals surface area contributed by atoms with Crippen molar-refractivity contribution in [3.05, 3.63) is 143 Å². The molecule has 1 heterocycles. The highest BCUT2D eigenvalue weighted by molar-refractivity contribution is 7.99. The Hall–Kier alpha value is -4.32. The van der Waals surface area contributed by atoms with Crippen LogP contribution >= 0.6 is 23.4 Å². The monoisotopic (exact) mass is 809 g/mol. The Balaban J connectivity index is 1.03. The second kappa shape index (κ2) is 19.2. The predicted molar refractivity (Wildman–Crippen MR) is 234 cm³/mol. The summed E-state index contributed by atoms with van der Waals surface area (Å²) in [5.41, 5.74) is 6.60. The van der Waals surface area contributed by atoms with Gasteiger partial charge in [0, 0.05) is 84.0 Å².